The fourth-order valence-corrected chi connectivity index (χ4v) is 4.77. The molecule has 0 radical (unpaired) electrons. The number of rotatable bonds is 8. The summed E-state index contributed by atoms with van der Waals surface area (Å²) in [7, 11) is 0. The van der Waals surface area contributed by atoms with Crippen molar-refractivity contribution in [1.82, 2.24) is 14.5 Å². The Morgan fingerprint density at radius 2 is 1.77 bits per heavy atom. The van der Waals surface area contributed by atoms with E-state index in [2.05, 4.69) is 4.90 Å². The van der Waals surface area contributed by atoms with Crippen molar-refractivity contribution in [1.29, 1.82) is 0 Å². The molecule has 1 saturated heterocycles. The van der Waals surface area contributed by atoms with Crippen molar-refractivity contribution in [3.05, 3.63) is 70.5 Å². The van der Waals surface area contributed by atoms with Gasteiger partial charge in [0.05, 0.1) is 29.4 Å². The van der Waals surface area contributed by atoms with Gasteiger partial charge in [-0.1, -0.05) is 54.2 Å². The monoisotopic (exact) mass is 437 g/mol. The second kappa shape index (κ2) is 10.2. The lowest BCUT2D eigenvalue weighted by Crippen LogP contribution is -2.37. The molecule has 2 heterocycles. The number of ketones is 1. The van der Waals surface area contributed by atoms with Crippen molar-refractivity contribution in [3.8, 4) is 0 Å². The number of carbonyl (C=O) groups is 1. The van der Waals surface area contributed by atoms with Crippen LogP contribution in [0.2, 0.25) is 0 Å². The van der Waals surface area contributed by atoms with Crippen LogP contribution in [0.15, 0.2) is 64.5 Å². The van der Waals surface area contributed by atoms with Gasteiger partial charge in [0, 0.05) is 31.7 Å². The maximum absolute atomic E-state index is 13.2. The van der Waals surface area contributed by atoms with E-state index in [-0.39, 0.29) is 16.6 Å². The molecule has 162 valence electrons. The van der Waals surface area contributed by atoms with Gasteiger partial charge in [-0.15, -0.1) is 0 Å². The Balaban J connectivity index is 1.57. The molecule has 31 heavy (non-hydrogen) atoms. The van der Waals surface area contributed by atoms with Gasteiger partial charge in [0.2, 0.25) is 0 Å². The normalized spacial score (nSPS) is 15.8. The first-order valence-electron chi connectivity index (χ1n) is 10.7. The Morgan fingerprint density at radius 1 is 1.06 bits per heavy atom. The van der Waals surface area contributed by atoms with Crippen molar-refractivity contribution in [2.24, 2.45) is 0 Å². The molecule has 7 heteroatoms. The number of Topliss-reactive ketones (excluding diaryl/α,β-unsaturated/α-hetero) is 1. The molecule has 0 aliphatic carbocycles. The smallest absolute Gasteiger partial charge is 0.262 e. The maximum atomic E-state index is 13.2. The SMILES string of the molecule is CC(Sc1nc2ccccc2c(=O)n1CCCN1CCOCC1)C(=O)c1ccccc1. The highest BCUT2D eigenvalue weighted by molar-refractivity contribution is 8.00. The lowest BCUT2D eigenvalue weighted by atomic mass is 10.1. The molecular formula is C24H27N3O3S. The van der Waals surface area contributed by atoms with Crippen LogP contribution in [-0.2, 0) is 11.3 Å². The quantitative estimate of drug-likeness (QED) is 0.305. The maximum Gasteiger partial charge on any atom is 0.262 e. The van der Waals surface area contributed by atoms with Gasteiger partial charge < -0.3 is 4.74 Å². The van der Waals surface area contributed by atoms with E-state index >= 15 is 0 Å². The summed E-state index contributed by atoms with van der Waals surface area (Å²) in [6.45, 7) is 6.73. The fraction of sp³-hybridized carbons (Fsp3) is 0.375. The summed E-state index contributed by atoms with van der Waals surface area (Å²) in [5.74, 6) is 0.0351. The van der Waals surface area contributed by atoms with Crippen LogP contribution in [0.1, 0.15) is 23.7 Å². The van der Waals surface area contributed by atoms with Crippen LogP contribution < -0.4 is 5.56 Å². The van der Waals surface area contributed by atoms with Crippen molar-refractivity contribution in [2.75, 3.05) is 32.8 Å². The summed E-state index contributed by atoms with van der Waals surface area (Å²) >= 11 is 1.36. The van der Waals surface area contributed by atoms with Crippen LogP contribution in [0.25, 0.3) is 10.9 Å². The molecule has 4 rings (SSSR count). The molecule has 0 N–H and O–H groups in total. The highest BCUT2D eigenvalue weighted by Crippen LogP contribution is 2.25. The second-order valence-electron chi connectivity index (χ2n) is 7.67. The molecule has 0 bridgehead atoms. The van der Waals surface area contributed by atoms with E-state index in [0.717, 1.165) is 39.3 Å². The highest BCUT2D eigenvalue weighted by atomic mass is 32.2. The third kappa shape index (κ3) is 5.23. The topological polar surface area (TPSA) is 64.4 Å². The summed E-state index contributed by atoms with van der Waals surface area (Å²) in [6, 6.07) is 16.7. The standard InChI is InChI=1S/C24H27N3O3S/c1-18(22(28)19-8-3-2-4-9-19)31-24-25-21-11-6-5-10-20(21)23(29)27(24)13-7-12-26-14-16-30-17-15-26/h2-6,8-11,18H,7,12-17H2,1H3. The fourth-order valence-electron chi connectivity index (χ4n) is 3.76. The molecule has 3 aromatic rings. The number of benzene rings is 2. The van der Waals surface area contributed by atoms with Gasteiger partial charge in [-0.25, -0.2) is 4.98 Å². The predicted octanol–water partition coefficient (Wildman–Crippen LogP) is 3.48. The van der Waals surface area contributed by atoms with E-state index in [0.29, 0.717) is 28.2 Å². The second-order valence-corrected chi connectivity index (χ2v) is 8.97. The van der Waals surface area contributed by atoms with E-state index in [1.54, 1.807) is 4.57 Å². The molecule has 2 aromatic carbocycles. The number of thioether (sulfide) groups is 1. The zero-order valence-electron chi connectivity index (χ0n) is 17.7. The third-order valence-electron chi connectivity index (χ3n) is 5.50. The first kappa shape index (κ1) is 21.7. The number of morpholine rings is 1. The molecule has 0 saturated carbocycles. The number of aromatic nitrogens is 2. The van der Waals surface area contributed by atoms with Gasteiger partial charge in [-0.2, -0.15) is 0 Å². The number of carbonyl (C=O) groups excluding carboxylic acids is 1. The number of nitrogens with zero attached hydrogens (tertiary/aromatic N) is 3. The summed E-state index contributed by atoms with van der Waals surface area (Å²) in [5.41, 5.74) is 1.29. The summed E-state index contributed by atoms with van der Waals surface area (Å²) in [6.07, 6.45) is 0.842. The lowest BCUT2D eigenvalue weighted by molar-refractivity contribution is 0.0368. The largest absolute Gasteiger partial charge is 0.379 e. The Labute approximate surface area is 186 Å². The van der Waals surface area contributed by atoms with Crippen LogP contribution >= 0.6 is 11.8 Å². The van der Waals surface area contributed by atoms with Gasteiger partial charge in [0.1, 0.15) is 0 Å². The number of ether oxygens (including phenoxy) is 1. The third-order valence-corrected chi connectivity index (χ3v) is 6.59. The van der Waals surface area contributed by atoms with Crippen molar-refractivity contribution in [2.45, 2.75) is 30.3 Å². The van der Waals surface area contributed by atoms with E-state index in [9.17, 15) is 9.59 Å². The van der Waals surface area contributed by atoms with Gasteiger partial charge in [-0.3, -0.25) is 19.1 Å². The first-order chi connectivity index (χ1) is 15.1. The summed E-state index contributed by atoms with van der Waals surface area (Å²) in [5, 5.41) is 0.865. The van der Waals surface area contributed by atoms with Crippen LogP contribution in [0, 0.1) is 0 Å². The highest BCUT2D eigenvalue weighted by Gasteiger charge is 2.20. The van der Waals surface area contributed by atoms with Crippen LogP contribution in [-0.4, -0.2) is 58.3 Å². The predicted molar refractivity (Wildman–Crippen MR) is 124 cm³/mol. The van der Waals surface area contributed by atoms with Gasteiger partial charge in [0.15, 0.2) is 10.9 Å². The van der Waals surface area contributed by atoms with Crippen molar-refractivity contribution < 1.29 is 9.53 Å². The molecule has 1 aromatic heterocycles. The van der Waals surface area contributed by atoms with E-state index in [1.807, 2.05) is 61.5 Å². The average molecular weight is 438 g/mol. The minimum absolute atomic E-state index is 0.0351. The Morgan fingerprint density at radius 3 is 2.55 bits per heavy atom. The molecule has 6 nitrogen and oxygen atoms in total. The number of hydrogen-bond donors (Lipinski definition) is 0. The molecule has 0 amide bonds. The number of fused-ring (bicyclic) bond motifs is 1. The Hall–Kier alpha value is -2.48. The number of hydrogen-bond acceptors (Lipinski definition) is 6. The summed E-state index contributed by atoms with van der Waals surface area (Å²) in [4.78, 5) is 33.2. The van der Waals surface area contributed by atoms with Crippen LogP contribution in [0.4, 0.5) is 0 Å². The van der Waals surface area contributed by atoms with Crippen LogP contribution in [0.5, 0.6) is 0 Å². The number of para-hydroxylation sites is 1. The molecule has 1 fully saturated rings. The first-order valence-corrected chi connectivity index (χ1v) is 11.6. The van der Waals surface area contributed by atoms with Crippen LogP contribution in [0.3, 0.4) is 0 Å². The Bertz CT molecular complexity index is 1090. The summed E-state index contributed by atoms with van der Waals surface area (Å²) < 4.78 is 7.15. The van der Waals surface area contributed by atoms with Crippen molar-refractivity contribution >= 4 is 28.4 Å². The molecule has 1 aliphatic heterocycles. The minimum atomic E-state index is -0.346. The van der Waals surface area contributed by atoms with Gasteiger partial charge in [-0.05, 0) is 25.5 Å². The average Bonchev–Trinajstić information content (AvgIpc) is 2.82. The molecule has 1 unspecified atom stereocenters. The minimum Gasteiger partial charge on any atom is -0.379 e. The lowest BCUT2D eigenvalue weighted by Gasteiger charge is -2.26. The molecule has 1 atom stereocenters. The molecule has 0 spiro atoms. The zero-order chi connectivity index (χ0) is 21.6. The molecular weight excluding hydrogens is 410 g/mol. The van der Waals surface area contributed by atoms with E-state index in [1.165, 1.54) is 11.8 Å². The zero-order valence-corrected chi connectivity index (χ0v) is 18.5. The van der Waals surface area contributed by atoms with Gasteiger partial charge >= 0.3 is 0 Å². The van der Waals surface area contributed by atoms with E-state index in [4.69, 9.17) is 9.72 Å². The Kier molecular flexibility index (Phi) is 7.17. The molecule has 1 aliphatic rings. The van der Waals surface area contributed by atoms with Crippen molar-refractivity contribution in [3.63, 3.8) is 0 Å². The van der Waals surface area contributed by atoms with Gasteiger partial charge in [0.25, 0.3) is 5.56 Å². The van der Waals surface area contributed by atoms with E-state index < -0.39 is 0 Å².